The molecule has 3 rings (SSSR count). The number of nitrogens with one attached hydrogen (secondary N) is 1. The van der Waals surface area contributed by atoms with Crippen molar-refractivity contribution in [3.8, 4) is 0 Å². The van der Waals surface area contributed by atoms with Gasteiger partial charge in [-0.25, -0.2) is 14.8 Å². The molecule has 0 radical (unpaired) electrons. The lowest BCUT2D eigenvalue weighted by Crippen LogP contribution is -2.44. The third-order valence-electron chi connectivity index (χ3n) is 4.97. The van der Waals surface area contributed by atoms with Gasteiger partial charge >= 0.3 is 6.09 Å². The minimum absolute atomic E-state index is 0.0702. The zero-order valence-corrected chi connectivity index (χ0v) is 17.3. The fraction of sp³-hybridized carbons (Fsp3) is 0.292. The van der Waals surface area contributed by atoms with Gasteiger partial charge in [0.05, 0.1) is 6.10 Å². The fourth-order valence-corrected chi connectivity index (χ4v) is 3.34. The molecular formula is C24H28N4O3. The van der Waals surface area contributed by atoms with E-state index < -0.39 is 18.2 Å². The number of aromatic nitrogens is 2. The van der Waals surface area contributed by atoms with Crippen LogP contribution in [0.25, 0.3) is 0 Å². The van der Waals surface area contributed by atoms with Crippen LogP contribution in [0.4, 0.5) is 4.79 Å². The Morgan fingerprint density at radius 1 is 0.935 bits per heavy atom. The first kappa shape index (κ1) is 22.4. The van der Waals surface area contributed by atoms with Gasteiger partial charge in [0.2, 0.25) is 0 Å². The quantitative estimate of drug-likeness (QED) is 0.465. The molecule has 0 aliphatic heterocycles. The van der Waals surface area contributed by atoms with E-state index in [2.05, 4.69) is 15.3 Å². The molecule has 1 aromatic heterocycles. The smallest absolute Gasteiger partial charge is 0.407 e. The minimum Gasteiger partial charge on any atom is -0.445 e. The summed E-state index contributed by atoms with van der Waals surface area (Å²) in [4.78, 5) is 20.2. The normalized spacial score (nSPS) is 13.7. The molecule has 3 atom stereocenters. The van der Waals surface area contributed by atoms with Crippen LogP contribution in [0.3, 0.4) is 0 Å². The standard InChI is InChI=1S/C24H28N4O3/c25-22(12-19-9-5-2-6-10-19)23(29)13-21(11-18-7-3-1-4-8-18)28-24(30)31-16-20-14-26-17-27-15-20/h1-10,14-15,17,21-23,29H,11-13,16,25H2,(H,28,30). The van der Waals surface area contributed by atoms with Crippen molar-refractivity contribution in [3.05, 3.63) is 96.1 Å². The number of carbonyl (C=O) groups excluding carboxylic acids is 1. The first-order chi connectivity index (χ1) is 15.1. The molecule has 31 heavy (non-hydrogen) atoms. The molecule has 1 heterocycles. The molecule has 0 spiro atoms. The van der Waals surface area contributed by atoms with Crippen molar-refractivity contribution in [2.75, 3.05) is 0 Å². The second-order valence-corrected chi connectivity index (χ2v) is 7.51. The van der Waals surface area contributed by atoms with Crippen molar-refractivity contribution in [2.45, 2.75) is 44.1 Å². The number of nitrogens with two attached hydrogens (primary N) is 1. The van der Waals surface area contributed by atoms with Crippen LogP contribution in [0.2, 0.25) is 0 Å². The monoisotopic (exact) mass is 420 g/mol. The topological polar surface area (TPSA) is 110 Å². The Hall–Kier alpha value is -3.29. The number of aliphatic hydroxyl groups excluding tert-OH is 1. The molecular weight excluding hydrogens is 392 g/mol. The fourth-order valence-electron chi connectivity index (χ4n) is 3.34. The highest BCUT2D eigenvalue weighted by atomic mass is 16.5. The summed E-state index contributed by atoms with van der Waals surface area (Å²) in [6, 6.07) is 18.8. The van der Waals surface area contributed by atoms with E-state index in [1.54, 1.807) is 12.4 Å². The molecule has 7 heteroatoms. The predicted octanol–water partition coefficient (Wildman–Crippen LogP) is 2.64. The summed E-state index contributed by atoms with van der Waals surface area (Å²) in [7, 11) is 0. The SMILES string of the molecule is NC(Cc1ccccc1)C(O)CC(Cc1ccccc1)NC(=O)OCc1cncnc1. The third kappa shape index (κ3) is 7.81. The van der Waals surface area contributed by atoms with Gasteiger partial charge in [-0.1, -0.05) is 60.7 Å². The van der Waals surface area contributed by atoms with Crippen LogP contribution in [0.5, 0.6) is 0 Å². The maximum Gasteiger partial charge on any atom is 0.407 e. The zero-order valence-electron chi connectivity index (χ0n) is 17.3. The van der Waals surface area contributed by atoms with Crippen LogP contribution in [0.15, 0.2) is 79.4 Å². The number of benzene rings is 2. The number of hydrogen-bond acceptors (Lipinski definition) is 6. The maximum absolute atomic E-state index is 12.4. The minimum atomic E-state index is -0.781. The highest BCUT2D eigenvalue weighted by Crippen LogP contribution is 2.13. The lowest BCUT2D eigenvalue weighted by molar-refractivity contribution is 0.109. The Labute approximate surface area is 182 Å². The summed E-state index contributed by atoms with van der Waals surface area (Å²) in [6.07, 6.45) is 4.68. The number of ether oxygens (including phenoxy) is 1. The molecule has 3 aromatic rings. The molecule has 0 fully saturated rings. The first-order valence-corrected chi connectivity index (χ1v) is 10.3. The highest BCUT2D eigenvalue weighted by molar-refractivity contribution is 5.67. The van der Waals surface area contributed by atoms with Crippen molar-refractivity contribution >= 4 is 6.09 Å². The first-order valence-electron chi connectivity index (χ1n) is 10.3. The molecule has 0 saturated heterocycles. The number of amides is 1. The van der Waals surface area contributed by atoms with E-state index in [9.17, 15) is 9.90 Å². The summed E-state index contributed by atoms with van der Waals surface area (Å²) in [5.74, 6) is 0. The van der Waals surface area contributed by atoms with Crippen LogP contribution in [-0.4, -0.2) is 39.4 Å². The summed E-state index contributed by atoms with van der Waals surface area (Å²) >= 11 is 0. The average Bonchev–Trinajstić information content (AvgIpc) is 2.79. The number of aliphatic hydroxyl groups is 1. The number of rotatable bonds is 10. The van der Waals surface area contributed by atoms with E-state index in [0.717, 1.165) is 11.1 Å². The van der Waals surface area contributed by atoms with Crippen molar-refractivity contribution in [2.24, 2.45) is 5.73 Å². The van der Waals surface area contributed by atoms with E-state index in [0.29, 0.717) is 24.8 Å². The van der Waals surface area contributed by atoms with E-state index in [4.69, 9.17) is 10.5 Å². The van der Waals surface area contributed by atoms with Crippen molar-refractivity contribution in [1.29, 1.82) is 0 Å². The molecule has 7 nitrogen and oxygen atoms in total. The van der Waals surface area contributed by atoms with Gasteiger partial charge in [-0.15, -0.1) is 0 Å². The molecule has 1 amide bonds. The van der Waals surface area contributed by atoms with Crippen molar-refractivity contribution in [3.63, 3.8) is 0 Å². The molecule has 162 valence electrons. The van der Waals surface area contributed by atoms with Crippen LogP contribution in [0, 0.1) is 0 Å². The second-order valence-electron chi connectivity index (χ2n) is 7.51. The number of alkyl carbamates (subject to hydrolysis) is 1. The van der Waals surface area contributed by atoms with Gasteiger partial charge in [-0.3, -0.25) is 0 Å². The molecule has 3 unspecified atom stereocenters. The Kier molecular flexibility index (Phi) is 8.51. The summed E-state index contributed by atoms with van der Waals surface area (Å²) in [5, 5.41) is 13.6. The van der Waals surface area contributed by atoms with E-state index >= 15 is 0 Å². The molecule has 0 aliphatic carbocycles. The van der Waals surface area contributed by atoms with Gasteiger partial charge in [0, 0.05) is 30.0 Å². The van der Waals surface area contributed by atoms with Crippen molar-refractivity contribution in [1.82, 2.24) is 15.3 Å². The summed E-state index contributed by atoms with van der Waals surface area (Å²) < 4.78 is 5.29. The number of carbonyl (C=O) groups is 1. The summed E-state index contributed by atoms with van der Waals surface area (Å²) in [5.41, 5.74) is 9.06. The molecule has 0 aliphatic rings. The van der Waals surface area contributed by atoms with Crippen LogP contribution in [-0.2, 0) is 24.2 Å². The lowest BCUT2D eigenvalue weighted by atomic mass is 9.94. The molecule has 0 saturated carbocycles. The average molecular weight is 421 g/mol. The number of hydrogen-bond donors (Lipinski definition) is 3. The Balaban J connectivity index is 1.59. The zero-order chi connectivity index (χ0) is 21.9. The highest BCUT2D eigenvalue weighted by Gasteiger charge is 2.23. The second kappa shape index (κ2) is 11.8. The van der Waals surface area contributed by atoms with Crippen molar-refractivity contribution < 1.29 is 14.6 Å². The molecule has 0 bridgehead atoms. The molecule has 4 N–H and O–H groups in total. The Morgan fingerprint density at radius 2 is 1.52 bits per heavy atom. The van der Waals surface area contributed by atoms with Gasteiger partial charge < -0.3 is 20.9 Å². The van der Waals surface area contributed by atoms with Crippen LogP contribution >= 0.6 is 0 Å². The predicted molar refractivity (Wildman–Crippen MR) is 118 cm³/mol. The van der Waals surface area contributed by atoms with Gasteiger partial charge in [0.15, 0.2) is 0 Å². The van der Waals surface area contributed by atoms with Gasteiger partial charge in [0.25, 0.3) is 0 Å². The van der Waals surface area contributed by atoms with E-state index in [-0.39, 0.29) is 12.6 Å². The maximum atomic E-state index is 12.4. The Bertz CT molecular complexity index is 910. The molecule has 2 aromatic carbocycles. The van der Waals surface area contributed by atoms with Gasteiger partial charge in [-0.05, 0) is 30.4 Å². The van der Waals surface area contributed by atoms with E-state index in [1.165, 1.54) is 6.33 Å². The number of nitrogens with zero attached hydrogens (tertiary/aromatic N) is 2. The largest absolute Gasteiger partial charge is 0.445 e. The third-order valence-corrected chi connectivity index (χ3v) is 4.97. The van der Waals surface area contributed by atoms with Crippen LogP contribution < -0.4 is 11.1 Å². The van der Waals surface area contributed by atoms with Gasteiger partial charge in [0.1, 0.15) is 12.9 Å². The Morgan fingerprint density at radius 3 is 2.13 bits per heavy atom. The van der Waals surface area contributed by atoms with E-state index in [1.807, 2.05) is 60.7 Å². The van der Waals surface area contributed by atoms with Gasteiger partial charge in [-0.2, -0.15) is 0 Å². The van der Waals surface area contributed by atoms with Crippen LogP contribution in [0.1, 0.15) is 23.1 Å². The summed E-state index contributed by atoms with van der Waals surface area (Å²) in [6.45, 7) is 0.0702. The lowest BCUT2D eigenvalue weighted by Gasteiger charge is -2.25.